The fourth-order valence-corrected chi connectivity index (χ4v) is 4.48. The highest BCUT2D eigenvalue weighted by molar-refractivity contribution is 6.15. The van der Waals surface area contributed by atoms with E-state index in [0.29, 0.717) is 13.0 Å². The molecule has 0 amide bonds. The van der Waals surface area contributed by atoms with Crippen LogP contribution in [-0.2, 0) is 5.41 Å². The highest BCUT2D eigenvalue weighted by Gasteiger charge is 2.42. The average Bonchev–Trinajstić information content (AvgIpc) is 2.84. The Morgan fingerprint density at radius 3 is 2.46 bits per heavy atom. The molecular formula is C22H18O2. The predicted molar refractivity (Wildman–Crippen MR) is 96.0 cm³/mol. The number of carbonyl (C=O) groups is 1. The second kappa shape index (κ2) is 4.47. The van der Waals surface area contributed by atoms with Crippen molar-refractivity contribution in [2.75, 3.05) is 6.61 Å². The third-order valence-corrected chi connectivity index (χ3v) is 5.52. The Morgan fingerprint density at radius 2 is 1.62 bits per heavy atom. The van der Waals surface area contributed by atoms with Gasteiger partial charge in [-0.25, -0.2) is 0 Å². The minimum absolute atomic E-state index is 0.198. The van der Waals surface area contributed by atoms with Crippen LogP contribution in [0.4, 0.5) is 0 Å². The van der Waals surface area contributed by atoms with Gasteiger partial charge in [-0.15, -0.1) is 0 Å². The van der Waals surface area contributed by atoms with Crippen LogP contribution in [0, 0.1) is 0 Å². The molecule has 118 valence electrons. The highest BCUT2D eigenvalue weighted by atomic mass is 16.5. The summed E-state index contributed by atoms with van der Waals surface area (Å²) in [6.07, 6.45) is 0.463. The summed E-state index contributed by atoms with van der Waals surface area (Å²) in [5.74, 6) is 0.987. The topological polar surface area (TPSA) is 26.3 Å². The van der Waals surface area contributed by atoms with Crippen molar-refractivity contribution in [2.45, 2.75) is 25.7 Å². The van der Waals surface area contributed by atoms with Crippen LogP contribution in [0.2, 0.25) is 0 Å². The van der Waals surface area contributed by atoms with Crippen molar-refractivity contribution in [3.8, 4) is 16.9 Å². The van der Waals surface area contributed by atoms with Crippen LogP contribution >= 0.6 is 0 Å². The van der Waals surface area contributed by atoms with Crippen LogP contribution in [0.5, 0.6) is 5.75 Å². The second-order valence-corrected chi connectivity index (χ2v) is 7.19. The van der Waals surface area contributed by atoms with E-state index in [2.05, 4.69) is 56.3 Å². The number of benzene rings is 3. The first-order valence-corrected chi connectivity index (χ1v) is 8.46. The second-order valence-electron chi connectivity index (χ2n) is 7.19. The molecule has 0 bridgehead atoms. The zero-order valence-corrected chi connectivity index (χ0v) is 13.8. The van der Waals surface area contributed by atoms with Crippen molar-refractivity contribution in [3.63, 3.8) is 0 Å². The van der Waals surface area contributed by atoms with E-state index in [1.807, 2.05) is 6.07 Å². The van der Waals surface area contributed by atoms with Crippen molar-refractivity contribution < 1.29 is 9.53 Å². The molecule has 0 atom stereocenters. The molecule has 3 aromatic carbocycles. The van der Waals surface area contributed by atoms with Crippen LogP contribution < -0.4 is 4.74 Å². The zero-order chi connectivity index (χ0) is 16.5. The quantitative estimate of drug-likeness (QED) is 0.576. The molecule has 1 aliphatic carbocycles. The molecule has 0 saturated carbocycles. The van der Waals surface area contributed by atoms with Gasteiger partial charge in [-0.2, -0.15) is 0 Å². The molecule has 1 heterocycles. The molecule has 2 aliphatic rings. The number of fused-ring (bicyclic) bond motifs is 8. The van der Waals surface area contributed by atoms with Gasteiger partial charge < -0.3 is 4.74 Å². The maximum Gasteiger partial charge on any atom is 0.170 e. The summed E-state index contributed by atoms with van der Waals surface area (Å²) in [4.78, 5) is 12.8. The molecule has 2 nitrogen and oxygen atoms in total. The van der Waals surface area contributed by atoms with Gasteiger partial charge in [0.05, 0.1) is 12.2 Å². The van der Waals surface area contributed by atoms with Crippen LogP contribution in [0.15, 0.2) is 48.5 Å². The first kappa shape index (κ1) is 13.8. The standard InChI is InChI=1S/C22H18O2/c1-22(2)16-10-6-5-9-15(16)18-13-7-3-4-8-14(13)21-19(20(18)22)17(23)11-12-24-21/h3-10H,11-12H2,1-2H3. The van der Waals surface area contributed by atoms with Crippen LogP contribution in [-0.4, -0.2) is 12.4 Å². The molecule has 0 unspecified atom stereocenters. The molecule has 0 aromatic heterocycles. The van der Waals surface area contributed by atoms with Crippen molar-refractivity contribution in [1.29, 1.82) is 0 Å². The van der Waals surface area contributed by atoms with E-state index in [0.717, 1.165) is 22.3 Å². The minimum Gasteiger partial charge on any atom is -0.492 e. The molecule has 2 heteroatoms. The predicted octanol–water partition coefficient (Wildman–Crippen LogP) is 5.11. The Balaban J connectivity index is 2.06. The van der Waals surface area contributed by atoms with Gasteiger partial charge in [0.1, 0.15) is 5.75 Å². The number of ketones is 1. The van der Waals surface area contributed by atoms with E-state index in [4.69, 9.17) is 4.74 Å². The van der Waals surface area contributed by atoms with E-state index >= 15 is 0 Å². The summed E-state index contributed by atoms with van der Waals surface area (Å²) in [7, 11) is 0. The number of ether oxygens (including phenoxy) is 1. The summed E-state index contributed by atoms with van der Waals surface area (Å²) >= 11 is 0. The van der Waals surface area contributed by atoms with Gasteiger partial charge in [0.25, 0.3) is 0 Å². The zero-order valence-electron chi connectivity index (χ0n) is 13.8. The molecule has 0 spiro atoms. The number of carbonyl (C=O) groups excluding carboxylic acids is 1. The summed E-state index contributed by atoms with van der Waals surface area (Å²) < 4.78 is 6.00. The summed E-state index contributed by atoms with van der Waals surface area (Å²) in [5, 5.41) is 2.23. The molecule has 3 aromatic rings. The lowest BCUT2D eigenvalue weighted by molar-refractivity contribution is 0.0932. The smallest absolute Gasteiger partial charge is 0.170 e. The largest absolute Gasteiger partial charge is 0.492 e. The normalized spacial score (nSPS) is 17.2. The van der Waals surface area contributed by atoms with Crippen molar-refractivity contribution >= 4 is 16.6 Å². The molecule has 1 aliphatic heterocycles. The Bertz CT molecular complexity index is 1030. The third kappa shape index (κ3) is 1.53. The lowest BCUT2D eigenvalue weighted by Crippen LogP contribution is -2.24. The molecule has 0 N–H and O–H groups in total. The number of hydrogen-bond acceptors (Lipinski definition) is 2. The number of rotatable bonds is 0. The maximum absolute atomic E-state index is 12.8. The van der Waals surface area contributed by atoms with Gasteiger partial charge in [-0.1, -0.05) is 62.4 Å². The summed E-state index contributed by atoms with van der Waals surface area (Å²) in [6.45, 7) is 4.91. The Hall–Kier alpha value is -2.61. The molecule has 0 radical (unpaired) electrons. The van der Waals surface area contributed by atoms with Gasteiger partial charge in [0.15, 0.2) is 5.78 Å². The molecule has 24 heavy (non-hydrogen) atoms. The van der Waals surface area contributed by atoms with Crippen LogP contribution in [0.3, 0.4) is 0 Å². The van der Waals surface area contributed by atoms with E-state index < -0.39 is 0 Å². The van der Waals surface area contributed by atoms with Gasteiger partial charge >= 0.3 is 0 Å². The average molecular weight is 314 g/mol. The highest BCUT2D eigenvalue weighted by Crippen LogP contribution is 2.55. The summed E-state index contributed by atoms with van der Waals surface area (Å²) in [5.41, 5.74) is 5.49. The lowest BCUT2D eigenvalue weighted by atomic mass is 9.77. The van der Waals surface area contributed by atoms with Crippen LogP contribution in [0.1, 0.15) is 41.8 Å². The van der Waals surface area contributed by atoms with Crippen molar-refractivity contribution in [2.24, 2.45) is 0 Å². The van der Waals surface area contributed by atoms with Gasteiger partial charge in [0, 0.05) is 17.2 Å². The fourth-order valence-electron chi connectivity index (χ4n) is 4.48. The molecule has 0 saturated heterocycles. The molecular weight excluding hydrogens is 296 g/mol. The van der Waals surface area contributed by atoms with Crippen molar-refractivity contribution in [3.05, 3.63) is 65.2 Å². The number of Topliss-reactive ketones (excluding diaryl/α,β-unsaturated/α-hetero) is 1. The number of hydrogen-bond donors (Lipinski definition) is 0. The lowest BCUT2D eigenvalue weighted by Gasteiger charge is -2.28. The van der Waals surface area contributed by atoms with E-state index in [1.54, 1.807) is 0 Å². The Morgan fingerprint density at radius 1 is 0.917 bits per heavy atom. The first-order valence-electron chi connectivity index (χ1n) is 8.46. The third-order valence-electron chi connectivity index (χ3n) is 5.52. The Labute approximate surface area is 141 Å². The van der Waals surface area contributed by atoms with Gasteiger partial charge in [-0.3, -0.25) is 4.79 Å². The summed E-state index contributed by atoms with van der Waals surface area (Å²) in [6, 6.07) is 16.8. The van der Waals surface area contributed by atoms with E-state index in [9.17, 15) is 4.79 Å². The first-order chi connectivity index (χ1) is 11.6. The van der Waals surface area contributed by atoms with Gasteiger partial charge in [0.2, 0.25) is 0 Å². The SMILES string of the molecule is CC1(C)c2ccccc2-c2c1c1c(c3ccccc23)OCCC1=O. The van der Waals surface area contributed by atoms with E-state index in [1.165, 1.54) is 22.1 Å². The maximum atomic E-state index is 12.8. The van der Waals surface area contributed by atoms with Crippen molar-refractivity contribution in [1.82, 2.24) is 0 Å². The Kier molecular flexibility index (Phi) is 2.57. The monoisotopic (exact) mass is 314 g/mol. The van der Waals surface area contributed by atoms with E-state index in [-0.39, 0.29) is 11.2 Å². The van der Waals surface area contributed by atoms with Crippen LogP contribution in [0.25, 0.3) is 21.9 Å². The van der Waals surface area contributed by atoms with Gasteiger partial charge in [-0.05, 0) is 27.6 Å². The fraction of sp³-hybridized carbons (Fsp3) is 0.227. The molecule has 5 rings (SSSR count). The minimum atomic E-state index is -0.198. The molecule has 0 fully saturated rings.